The van der Waals surface area contributed by atoms with Gasteiger partial charge in [0.05, 0.1) is 13.5 Å². The number of nitrogens with one attached hydrogen (secondary N) is 1. The van der Waals surface area contributed by atoms with Crippen LogP contribution in [0.5, 0.6) is 5.75 Å². The van der Waals surface area contributed by atoms with Crippen molar-refractivity contribution in [2.75, 3.05) is 25.5 Å². The van der Waals surface area contributed by atoms with Crippen LogP contribution in [-0.4, -0.2) is 47.2 Å². The molecule has 1 aliphatic rings. The fourth-order valence-corrected chi connectivity index (χ4v) is 3.92. The van der Waals surface area contributed by atoms with E-state index in [-0.39, 0.29) is 5.91 Å². The Kier molecular flexibility index (Phi) is 6.08. The molecule has 6 nitrogen and oxygen atoms in total. The second kappa shape index (κ2) is 8.49. The van der Waals surface area contributed by atoms with Crippen molar-refractivity contribution in [3.8, 4) is 5.75 Å². The molecule has 1 fully saturated rings. The van der Waals surface area contributed by atoms with Gasteiger partial charge in [-0.15, -0.1) is 10.2 Å². The first-order valence-corrected chi connectivity index (χ1v) is 9.88. The van der Waals surface area contributed by atoms with Gasteiger partial charge in [-0.1, -0.05) is 43.4 Å². The standard InChI is InChI=1S/C19H26N4O2S/c1-13(2)18-21-22-19(26-18)20-15-8-10-23(11-9-15)17(24)12-14-6-4-5-7-16(14)25-3/h4-7,13,15H,8-12H2,1-3H3,(H,20,22). The summed E-state index contributed by atoms with van der Waals surface area (Å²) in [5.41, 5.74) is 0.940. The molecule has 26 heavy (non-hydrogen) atoms. The summed E-state index contributed by atoms with van der Waals surface area (Å²) in [6.45, 7) is 5.77. The van der Waals surface area contributed by atoms with Gasteiger partial charge in [0.1, 0.15) is 10.8 Å². The molecule has 1 saturated heterocycles. The SMILES string of the molecule is COc1ccccc1CC(=O)N1CCC(Nc2nnc(C(C)C)s2)CC1. The van der Waals surface area contributed by atoms with E-state index in [1.807, 2.05) is 29.2 Å². The molecule has 2 heterocycles. The maximum Gasteiger partial charge on any atom is 0.227 e. The highest BCUT2D eigenvalue weighted by Gasteiger charge is 2.24. The highest BCUT2D eigenvalue weighted by atomic mass is 32.1. The number of amides is 1. The molecule has 0 unspecified atom stereocenters. The quantitative estimate of drug-likeness (QED) is 0.840. The summed E-state index contributed by atoms with van der Waals surface area (Å²) in [6, 6.07) is 8.05. The second-order valence-electron chi connectivity index (χ2n) is 6.89. The molecule has 3 rings (SSSR count). The van der Waals surface area contributed by atoms with Gasteiger partial charge in [0, 0.05) is 30.6 Å². The zero-order valence-corrected chi connectivity index (χ0v) is 16.4. The van der Waals surface area contributed by atoms with Gasteiger partial charge >= 0.3 is 0 Å². The number of rotatable bonds is 6. The number of anilines is 1. The van der Waals surface area contributed by atoms with Gasteiger partial charge in [-0.2, -0.15) is 0 Å². The van der Waals surface area contributed by atoms with Crippen LogP contribution in [0.2, 0.25) is 0 Å². The fraction of sp³-hybridized carbons (Fsp3) is 0.526. The van der Waals surface area contributed by atoms with Gasteiger partial charge in [-0.3, -0.25) is 4.79 Å². The molecule has 0 spiro atoms. The third kappa shape index (κ3) is 4.52. The largest absolute Gasteiger partial charge is 0.496 e. The number of likely N-dealkylation sites (tertiary alicyclic amines) is 1. The highest BCUT2D eigenvalue weighted by molar-refractivity contribution is 7.15. The maximum absolute atomic E-state index is 12.6. The maximum atomic E-state index is 12.6. The van der Waals surface area contributed by atoms with Crippen molar-refractivity contribution in [2.45, 2.75) is 45.1 Å². The van der Waals surface area contributed by atoms with Gasteiger partial charge in [-0.25, -0.2) is 0 Å². The molecule has 1 aromatic heterocycles. The number of carbonyl (C=O) groups excluding carboxylic acids is 1. The summed E-state index contributed by atoms with van der Waals surface area (Å²) < 4.78 is 5.34. The number of para-hydroxylation sites is 1. The summed E-state index contributed by atoms with van der Waals surface area (Å²) >= 11 is 1.62. The van der Waals surface area contributed by atoms with Crippen LogP contribution < -0.4 is 10.1 Å². The Labute approximate surface area is 158 Å². The van der Waals surface area contributed by atoms with Crippen molar-refractivity contribution in [2.24, 2.45) is 0 Å². The van der Waals surface area contributed by atoms with Crippen molar-refractivity contribution >= 4 is 22.4 Å². The van der Waals surface area contributed by atoms with Crippen LogP contribution in [-0.2, 0) is 11.2 Å². The Morgan fingerprint density at radius 3 is 2.69 bits per heavy atom. The monoisotopic (exact) mass is 374 g/mol. The molecular weight excluding hydrogens is 348 g/mol. The zero-order chi connectivity index (χ0) is 18.5. The first-order chi connectivity index (χ1) is 12.6. The molecule has 0 atom stereocenters. The van der Waals surface area contributed by atoms with Crippen LogP contribution in [0.15, 0.2) is 24.3 Å². The van der Waals surface area contributed by atoms with E-state index in [0.29, 0.717) is 18.4 Å². The van der Waals surface area contributed by atoms with E-state index in [4.69, 9.17) is 4.74 Å². The van der Waals surface area contributed by atoms with E-state index in [0.717, 1.165) is 47.4 Å². The molecular formula is C19H26N4O2S. The first-order valence-electron chi connectivity index (χ1n) is 9.06. The fourth-order valence-electron chi connectivity index (χ4n) is 3.10. The summed E-state index contributed by atoms with van der Waals surface area (Å²) in [6.07, 6.45) is 2.23. The molecule has 0 radical (unpaired) electrons. The van der Waals surface area contributed by atoms with Gasteiger partial charge in [0.25, 0.3) is 0 Å². The number of methoxy groups -OCH3 is 1. The van der Waals surface area contributed by atoms with E-state index < -0.39 is 0 Å². The Balaban J connectivity index is 1.50. The van der Waals surface area contributed by atoms with Gasteiger partial charge < -0.3 is 15.0 Å². The lowest BCUT2D eigenvalue weighted by Crippen LogP contribution is -2.43. The van der Waals surface area contributed by atoms with E-state index in [9.17, 15) is 4.79 Å². The Morgan fingerprint density at radius 2 is 2.04 bits per heavy atom. The Morgan fingerprint density at radius 1 is 1.31 bits per heavy atom. The number of aromatic nitrogens is 2. The van der Waals surface area contributed by atoms with Crippen molar-refractivity contribution in [3.05, 3.63) is 34.8 Å². The molecule has 140 valence electrons. The predicted octanol–water partition coefficient (Wildman–Crippen LogP) is 3.32. The number of hydrogen-bond acceptors (Lipinski definition) is 6. The zero-order valence-electron chi connectivity index (χ0n) is 15.6. The van der Waals surface area contributed by atoms with Gasteiger partial charge in [0.15, 0.2) is 0 Å². The minimum Gasteiger partial charge on any atom is -0.496 e. The Hall–Kier alpha value is -2.15. The first kappa shape index (κ1) is 18.6. The molecule has 0 aliphatic carbocycles. The number of ether oxygens (including phenoxy) is 1. The number of hydrogen-bond donors (Lipinski definition) is 1. The van der Waals surface area contributed by atoms with Crippen LogP contribution in [0.25, 0.3) is 0 Å². The average Bonchev–Trinajstić information content (AvgIpc) is 3.11. The van der Waals surface area contributed by atoms with Crippen molar-refractivity contribution in [3.63, 3.8) is 0 Å². The van der Waals surface area contributed by atoms with Crippen molar-refractivity contribution in [1.82, 2.24) is 15.1 Å². The minimum atomic E-state index is 0.158. The summed E-state index contributed by atoms with van der Waals surface area (Å²) in [7, 11) is 1.64. The molecule has 1 aromatic carbocycles. The molecule has 1 N–H and O–H groups in total. The Bertz CT molecular complexity index is 739. The predicted molar refractivity (Wildman–Crippen MR) is 104 cm³/mol. The van der Waals surface area contributed by atoms with Crippen molar-refractivity contribution < 1.29 is 9.53 Å². The van der Waals surface area contributed by atoms with Crippen LogP contribution in [0.3, 0.4) is 0 Å². The van der Waals surface area contributed by atoms with E-state index in [1.165, 1.54) is 0 Å². The lowest BCUT2D eigenvalue weighted by atomic mass is 10.0. The van der Waals surface area contributed by atoms with Gasteiger partial charge in [0.2, 0.25) is 11.0 Å². The summed E-state index contributed by atoms with van der Waals surface area (Å²) in [5.74, 6) is 1.33. The van der Waals surface area contributed by atoms with Gasteiger partial charge in [-0.05, 0) is 18.9 Å². The molecule has 7 heteroatoms. The van der Waals surface area contributed by atoms with Crippen LogP contribution in [0, 0.1) is 0 Å². The smallest absolute Gasteiger partial charge is 0.227 e. The minimum absolute atomic E-state index is 0.158. The van der Waals surface area contributed by atoms with E-state index in [1.54, 1.807) is 18.4 Å². The lowest BCUT2D eigenvalue weighted by molar-refractivity contribution is -0.131. The lowest BCUT2D eigenvalue weighted by Gasteiger charge is -2.32. The van der Waals surface area contributed by atoms with E-state index >= 15 is 0 Å². The summed E-state index contributed by atoms with van der Waals surface area (Å²) in [5, 5.41) is 13.8. The molecule has 0 bridgehead atoms. The van der Waals surface area contributed by atoms with Crippen LogP contribution in [0.4, 0.5) is 5.13 Å². The summed E-state index contributed by atoms with van der Waals surface area (Å²) in [4.78, 5) is 14.6. The molecule has 1 aliphatic heterocycles. The normalized spacial score (nSPS) is 15.3. The molecule has 0 saturated carbocycles. The number of piperidine rings is 1. The topological polar surface area (TPSA) is 67.3 Å². The number of nitrogens with zero attached hydrogens (tertiary/aromatic N) is 3. The average molecular weight is 375 g/mol. The van der Waals surface area contributed by atoms with Crippen LogP contribution in [0.1, 0.15) is 43.2 Å². The van der Waals surface area contributed by atoms with Crippen LogP contribution >= 0.6 is 11.3 Å². The van der Waals surface area contributed by atoms with E-state index in [2.05, 4.69) is 29.4 Å². The third-order valence-corrected chi connectivity index (χ3v) is 5.80. The second-order valence-corrected chi connectivity index (χ2v) is 7.90. The molecule has 1 amide bonds. The highest BCUT2D eigenvalue weighted by Crippen LogP contribution is 2.25. The van der Waals surface area contributed by atoms with Crippen molar-refractivity contribution in [1.29, 1.82) is 0 Å². The number of benzene rings is 1. The third-order valence-electron chi connectivity index (χ3n) is 4.64. The number of carbonyl (C=O) groups is 1. The molecule has 2 aromatic rings.